The van der Waals surface area contributed by atoms with Gasteiger partial charge >= 0.3 is 0 Å². The molecule has 0 atom stereocenters. The Morgan fingerprint density at radius 3 is 2.14 bits per heavy atom. The first kappa shape index (κ1) is 13.1. The van der Waals surface area contributed by atoms with Gasteiger partial charge in [-0.1, -0.05) is 36.4 Å². The predicted octanol–water partition coefficient (Wildman–Crippen LogP) is 4.31. The maximum Gasteiger partial charge on any atom is 0.137 e. The Kier molecular flexibility index (Phi) is 3.48. The molecular formula is C18H16N2O. The number of anilines is 2. The number of hydrogen-bond donors (Lipinski definition) is 2. The van der Waals surface area contributed by atoms with Crippen molar-refractivity contribution in [2.45, 2.75) is 0 Å². The van der Waals surface area contributed by atoms with Crippen LogP contribution >= 0.6 is 0 Å². The Hall–Kier alpha value is -2.94. The number of rotatable bonds is 3. The van der Waals surface area contributed by atoms with Crippen LogP contribution in [0.25, 0.3) is 11.1 Å². The molecule has 3 rings (SSSR count). The summed E-state index contributed by atoms with van der Waals surface area (Å²) in [4.78, 5) is 0. The molecule has 0 heterocycles. The standard InChI is InChI=1S/C18H16N2O/c19-13-10-11-16(15-8-4-5-9-17(15)20)18(12-13)21-14-6-2-1-3-7-14/h1-12H,19-20H2. The molecule has 0 radical (unpaired) electrons. The van der Waals surface area contributed by atoms with Crippen LogP contribution in [0, 0.1) is 0 Å². The number of hydrogen-bond acceptors (Lipinski definition) is 3. The van der Waals surface area contributed by atoms with Gasteiger partial charge in [0, 0.05) is 28.6 Å². The lowest BCUT2D eigenvalue weighted by atomic mass is 10.0. The van der Waals surface area contributed by atoms with Gasteiger partial charge in [-0.3, -0.25) is 0 Å². The van der Waals surface area contributed by atoms with E-state index >= 15 is 0 Å². The van der Waals surface area contributed by atoms with Crippen LogP contribution in [0.2, 0.25) is 0 Å². The fraction of sp³-hybridized carbons (Fsp3) is 0. The van der Waals surface area contributed by atoms with E-state index in [-0.39, 0.29) is 0 Å². The molecule has 0 aliphatic rings. The van der Waals surface area contributed by atoms with Crippen molar-refractivity contribution < 1.29 is 4.74 Å². The molecule has 3 aromatic rings. The third kappa shape index (κ3) is 2.82. The molecule has 21 heavy (non-hydrogen) atoms. The van der Waals surface area contributed by atoms with E-state index in [1.165, 1.54) is 0 Å². The normalized spacial score (nSPS) is 10.3. The molecule has 104 valence electrons. The highest BCUT2D eigenvalue weighted by atomic mass is 16.5. The summed E-state index contributed by atoms with van der Waals surface area (Å²) in [5.41, 5.74) is 15.2. The Balaban J connectivity index is 2.08. The first-order valence-electron chi connectivity index (χ1n) is 6.71. The number of para-hydroxylation sites is 2. The third-order valence-electron chi connectivity index (χ3n) is 3.23. The Morgan fingerprint density at radius 1 is 0.667 bits per heavy atom. The molecule has 0 bridgehead atoms. The summed E-state index contributed by atoms with van der Waals surface area (Å²) < 4.78 is 5.96. The van der Waals surface area contributed by atoms with Crippen LogP contribution in [0.4, 0.5) is 11.4 Å². The highest BCUT2D eigenvalue weighted by molar-refractivity contribution is 5.81. The van der Waals surface area contributed by atoms with E-state index in [4.69, 9.17) is 16.2 Å². The number of nitrogens with two attached hydrogens (primary N) is 2. The lowest BCUT2D eigenvalue weighted by Crippen LogP contribution is -1.94. The number of nitrogen functional groups attached to an aromatic ring is 2. The molecule has 3 heteroatoms. The van der Waals surface area contributed by atoms with E-state index in [0.717, 1.165) is 16.9 Å². The van der Waals surface area contributed by atoms with Crippen LogP contribution in [0.3, 0.4) is 0 Å². The molecule has 0 saturated heterocycles. The van der Waals surface area contributed by atoms with Crippen molar-refractivity contribution in [3.8, 4) is 22.6 Å². The summed E-state index contributed by atoms with van der Waals surface area (Å²) in [6.07, 6.45) is 0. The van der Waals surface area contributed by atoms with E-state index in [1.54, 1.807) is 0 Å². The Bertz CT molecular complexity index is 754. The zero-order valence-corrected chi connectivity index (χ0v) is 11.5. The van der Waals surface area contributed by atoms with Crippen LogP contribution in [0.1, 0.15) is 0 Å². The smallest absolute Gasteiger partial charge is 0.137 e. The molecule has 0 unspecified atom stereocenters. The fourth-order valence-electron chi connectivity index (χ4n) is 2.20. The summed E-state index contributed by atoms with van der Waals surface area (Å²) in [5, 5.41) is 0. The van der Waals surface area contributed by atoms with Gasteiger partial charge in [0.05, 0.1) is 0 Å². The first-order chi connectivity index (χ1) is 10.2. The second kappa shape index (κ2) is 5.59. The molecule has 0 saturated carbocycles. The van der Waals surface area contributed by atoms with Gasteiger partial charge in [0.15, 0.2) is 0 Å². The van der Waals surface area contributed by atoms with Crippen LogP contribution < -0.4 is 16.2 Å². The number of ether oxygens (including phenoxy) is 1. The molecule has 0 fully saturated rings. The van der Waals surface area contributed by atoms with Gasteiger partial charge < -0.3 is 16.2 Å². The summed E-state index contributed by atoms with van der Waals surface area (Å²) in [6.45, 7) is 0. The van der Waals surface area contributed by atoms with Gasteiger partial charge in [-0.25, -0.2) is 0 Å². The quantitative estimate of drug-likeness (QED) is 0.701. The minimum Gasteiger partial charge on any atom is -0.457 e. The Labute approximate surface area is 123 Å². The van der Waals surface area contributed by atoms with E-state index in [2.05, 4.69) is 0 Å². The Morgan fingerprint density at radius 2 is 1.38 bits per heavy atom. The van der Waals surface area contributed by atoms with E-state index < -0.39 is 0 Å². The molecule has 0 spiro atoms. The van der Waals surface area contributed by atoms with Crippen molar-refractivity contribution in [3.05, 3.63) is 72.8 Å². The second-order valence-corrected chi connectivity index (χ2v) is 4.76. The second-order valence-electron chi connectivity index (χ2n) is 4.76. The highest BCUT2D eigenvalue weighted by Gasteiger charge is 2.10. The van der Waals surface area contributed by atoms with Gasteiger partial charge in [-0.2, -0.15) is 0 Å². The van der Waals surface area contributed by atoms with E-state index in [0.29, 0.717) is 17.1 Å². The molecular weight excluding hydrogens is 260 g/mol. The minimum atomic E-state index is 0.652. The highest BCUT2D eigenvalue weighted by Crippen LogP contribution is 2.37. The van der Waals surface area contributed by atoms with Crippen molar-refractivity contribution >= 4 is 11.4 Å². The van der Waals surface area contributed by atoms with Crippen LogP contribution in [-0.2, 0) is 0 Å². The van der Waals surface area contributed by atoms with E-state index in [1.807, 2.05) is 72.8 Å². The molecule has 0 aliphatic heterocycles. The average Bonchev–Trinajstić information content (AvgIpc) is 2.50. The largest absolute Gasteiger partial charge is 0.457 e. The summed E-state index contributed by atoms with van der Waals surface area (Å²) in [6, 6.07) is 22.9. The topological polar surface area (TPSA) is 61.3 Å². The van der Waals surface area contributed by atoms with Crippen molar-refractivity contribution in [3.63, 3.8) is 0 Å². The molecule has 0 aromatic heterocycles. The molecule has 0 amide bonds. The molecule has 3 nitrogen and oxygen atoms in total. The lowest BCUT2D eigenvalue weighted by molar-refractivity contribution is 0.485. The minimum absolute atomic E-state index is 0.652. The van der Waals surface area contributed by atoms with Crippen molar-refractivity contribution in [1.82, 2.24) is 0 Å². The summed E-state index contributed by atoms with van der Waals surface area (Å²) >= 11 is 0. The maximum absolute atomic E-state index is 6.07. The third-order valence-corrected chi connectivity index (χ3v) is 3.23. The van der Waals surface area contributed by atoms with Gasteiger partial charge in [0.25, 0.3) is 0 Å². The molecule has 0 aliphatic carbocycles. The van der Waals surface area contributed by atoms with Gasteiger partial charge in [0.1, 0.15) is 11.5 Å². The fourth-order valence-corrected chi connectivity index (χ4v) is 2.20. The first-order valence-corrected chi connectivity index (χ1v) is 6.71. The zero-order chi connectivity index (χ0) is 14.7. The van der Waals surface area contributed by atoms with Crippen molar-refractivity contribution in [2.75, 3.05) is 11.5 Å². The van der Waals surface area contributed by atoms with Crippen LogP contribution in [0.5, 0.6) is 11.5 Å². The summed E-state index contributed by atoms with van der Waals surface area (Å²) in [5.74, 6) is 1.46. The maximum atomic E-state index is 6.07. The van der Waals surface area contributed by atoms with Gasteiger partial charge in [-0.05, 0) is 30.3 Å². The van der Waals surface area contributed by atoms with Crippen LogP contribution in [-0.4, -0.2) is 0 Å². The van der Waals surface area contributed by atoms with Gasteiger partial charge in [-0.15, -0.1) is 0 Å². The van der Waals surface area contributed by atoms with Crippen molar-refractivity contribution in [2.24, 2.45) is 0 Å². The zero-order valence-electron chi connectivity index (χ0n) is 11.5. The lowest BCUT2D eigenvalue weighted by Gasteiger charge is -2.13. The average molecular weight is 276 g/mol. The number of benzene rings is 3. The van der Waals surface area contributed by atoms with Crippen molar-refractivity contribution in [1.29, 1.82) is 0 Å². The van der Waals surface area contributed by atoms with E-state index in [9.17, 15) is 0 Å². The predicted molar refractivity (Wildman–Crippen MR) is 87.2 cm³/mol. The summed E-state index contributed by atoms with van der Waals surface area (Å²) in [7, 11) is 0. The SMILES string of the molecule is Nc1ccc(-c2ccccc2N)c(Oc2ccccc2)c1. The van der Waals surface area contributed by atoms with Gasteiger partial charge in [0.2, 0.25) is 0 Å². The molecule has 3 aromatic carbocycles. The van der Waals surface area contributed by atoms with Crippen LogP contribution in [0.15, 0.2) is 72.8 Å². The monoisotopic (exact) mass is 276 g/mol. The molecule has 4 N–H and O–H groups in total.